The number of para-hydroxylation sites is 2. The van der Waals surface area contributed by atoms with Crippen molar-refractivity contribution in [2.75, 3.05) is 25.1 Å². The number of carbonyl (C=O) groups is 1. The van der Waals surface area contributed by atoms with Gasteiger partial charge in [0.25, 0.3) is 5.91 Å². The molecule has 0 unspecified atom stereocenters. The number of hydrogen-bond acceptors (Lipinski definition) is 4. The minimum atomic E-state index is -0.550. The number of nitrogens with zero attached hydrogens (tertiary/aromatic N) is 2. The molecule has 0 aliphatic heterocycles. The lowest BCUT2D eigenvalue weighted by molar-refractivity contribution is -0.127. The van der Waals surface area contributed by atoms with Gasteiger partial charge in [-0.05, 0) is 32.9 Å². The quantitative estimate of drug-likeness (QED) is 0.761. The lowest BCUT2D eigenvalue weighted by atomic mass is 10.3. The van der Waals surface area contributed by atoms with Crippen LogP contribution >= 0.6 is 0 Å². The zero-order valence-electron chi connectivity index (χ0n) is 13.3. The molecule has 6 nitrogen and oxygen atoms in total. The number of imidazole rings is 1. The highest BCUT2D eigenvalue weighted by molar-refractivity contribution is 5.94. The number of aromatic nitrogens is 2. The Morgan fingerprint density at radius 3 is 2.82 bits per heavy atom. The van der Waals surface area contributed by atoms with E-state index in [2.05, 4.69) is 10.3 Å². The topological polar surface area (TPSA) is 65.4 Å². The van der Waals surface area contributed by atoms with Gasteiger partial charge in [-0.15, -0.1) is 0 Å². The van der Waals surface area contributed by atoms with Crippen LogP contribution in [-0.2, 0) is 20.8 Å². The predicted molar refractivity (Wildman–Crippen MR) is 85.9 cm³/mol. The second-order valence-electron chi connectivity index (χ2n) is 4.87. The van der Waals surface area contributed by atoms with E-state index in [1.165, 1.54) is 0 Å². The average molecular weight is 305 g/mol. The van der Waals surface area contributed by atoms with Crippen molar-refractivity contribution in [2.24, 2.45) is 0 Å². The van der Waals surface area contributed by atoms with Crippen LogP contribution < -0.4 is 5.32 Å². The van der Waals surface area contributed by atoms with Gasteiger partial charge in [-0.3, -0.25) is 10.1 Å². The first-order valence-corrected chi connectivity index (χ1v) is 7.62. The lowest BCUT2D eigenvalue weighted by Gasteiger charge is -2.13. The normalized spacial score (nSPS) is 12.5. The van der Waals surface area contributed by atoms with Crippen LogP contribution in [0.1, 0.15) is 20.8 Å². The highest BCUT2D eigenvalue weighted by atomic mass is 16.5. The van der Waals surface area contributed by atoms with E-state index >= 15 is 0 Å². The summed E-state index contributed by atoms with van der Waals surface area (Å²) in [6.07, 6.45) is -0.550. The van der Waals surface area contributed by atoms with E-state index in [0.29, 0.717) is 25.8 Å². The second-order valence-corrected chi connectivity index (χ2v) is 4.87. The summed E-state index contributed by atoms with van der Waals surface area (Å²) in [5.41, 5.74) is 1.87. The minimum Gasteiger partial charge on any atom is -0.379 e. The smallest absolute Gasteiger partial charge is 0.255 e. The minimum absolute atomic E-state index is 0.207. The summed E-state index contributed by atoms with van der Waals surface area (Å²) in [4.78, 5) is 16.7. The molecule has 1 aromatic heterocycles. The van der Waals surface area contributed by atoms with Gasteiger partial charge in [-0.1, -0.05) is 12.1 Å². The third-order valence-electron chi connectivity index (χ3n) is 3.37. The van der Waals surface area contributed by atoms with Crippen LogP contribution in [0, 0.1) is 0 Å². The van der Waals surface area contributed by atoms with Crippen LogP contribution in [-0.4, -0.2) is 41.4 Å². The van der Waals surface area contributed by atoms with Crippen molar-refractivity contribution in [3.63, 3.8) is 0 Å². The van der Waals surface area contributed by atoms with Gasteiger partial charge in [-0.25, -0.2) is 4.98 Å². The molecule has 22 heavy (non-hydrogen) atoms. The first kappa shape index (κ1) is 16.5. The number of ether oxygens (including phenoxy) is 2. The molecule has 2 aromatic rings. The molecule has 1 N–H and O–H groups in total. The molecular weight excluding hydrogens is 282 g/mol. The summed E-state index contributed by atoms with van der Waals surface area (Å²) in [6.45, 7) is 7.92. The zero-order chi connectivity index (χ0) is 15.9. The second kappa shape index (κ2) is 7.91. The fourth-order valence-corrected chi connectivity index (χ4v) is 2.21. The Balaban J connectivity index is 2.02. The molecule has 0 bridgehead atoms. The van der Waals surface area contributed by atoms with E-state index in [1.807, 2.05) is 42.7 Å². The molecule has 1 amide bonds. The Morgan fingerprint density at radius 2 is 2.09 bits per heavy atom. The number of carbonyl (C=O) groups excluding carboxylic acids is 1. The Bertz CT molecular complexity index is 624. The van der Waals surface area contributed by atoms with Crippen LogP contribution in [0.5, 0.6) is 0 Å². The van der Waals surface area contributed by atoms with Crippen molar-refractivity contribution in [1.82, 2.24) is 9.55 Å². The van der Waals surface area contributed by atoms with Crippen molar-refractivity contribution < 1.29 is 14.3 Å². The molecule has 0 aliphatic rings. The summed E-state index contributed by atoms with van der Waals surface area (Å²) >= 11 is 0. The number of rotatable bonds is 8. The van der Waals surface area contributed by atoms with Gasteiger partial charge in [0.05, 0.1) is 24.2 Å². The van der Waals surface area contributed by atoms with Crippen molar-refractivity contribution in [2.45, 2.75) is 33.4 Å². The Hall–Kier alpha value is -1.92. The fourth-order valence-electron chi connectivity index (χ4n) is 2.21. The van der Waals surface area contributed by atoms with Gasteiger partial charge in [0.2, 0.25) is 5.95 Å². The highest BCUT2D eigenvalue weighted by Crippen LogP contribution is 2.19. The number of hydrogen-bond donors (Lipinski definition) is 1. The number of anilines is 1. The molecule has 1 aromatic carbocycles. The molecule has 0 saturated heterocycles. The van der Waals surface area contributed by atoms with E-state index in [-0.39, 0.29) is 5.91 Å². The van der Waals surface area contributed by atoms with Crippen LogP contribution in [0.3, 0.4) is 0 Å². The SMILES string of the molecule is CCOCCO[C@H](C)C(=O)Nc1nc2ccccc2n1CC. The molecule has 0 fully saturated rings. The molecule has 0 spiro atoms. The summed E-state index contributed by atoms with van der Waals surface area (Å²) in [6, 6.07) is 7.81. The predicted octanol–water partition coefficient (Wildman–Crippen LogP) is 2.44. The summed E-state index contributed by atoms with van der Waals surface area (Å²) in [7, 11) is 0. The average Bonchev–Trinajstić information content (AvgIpc) is 2.88. The Kier molecular flexibility index (Phi) is 5.91. The Morgan fingerprint density at radius 1 is 1.32 bits per heavy atom. The molecule has 120 valence electrons. The summed E-state index contributed by atoms with van der Waals surface area (Å²) in [5.74, 6) is 0.343. The molecule has 1 heterocycles. The maximum atomic E-state index is 12.2. The third kappa shape index (κ3) is 3.84. The van der Waals surface area contributed by atoms with Crippen molar-refractivity contribution in [3.8, 4) is 0 Å². The molecule has 0 saturated carbocycles. The fraction of sp³-hybridized carbons (Fsp3) is 0.500. The molecule has 2 rings (SSSR count). The molecule has 1 atom stereocenters. The standard InChI is InChI=1S/C16H23N3O3/c1-4-19-14-9-7-6-8-13(14)17-16(19)18-15(20)12(3)22-11-10-21-5-2/h6-9,12H,4-5,10-11H2,1-3H3,(H,17,18,20)/t12-/m1/s1. The van der Waals surface area contributed by atoms with E-state index in [1.54, 1.807) is 6.92 Å². The van der Waals surface area contributed by atoms with Gasteiger partial charge in [0.1, 0.15) is 6.10 Å². The van der Waals surface area contributed by atoms with E-state index in [0.717, 1.165) is 17.6 Å². The van der Waals surface area contributed by atoms with Gasteiger partial charge in [0.15, 0.2) is 0 Å². The number of aryl methyl sites for hydroxylation is 1. The summed E-state index contributed by atoms with van der Waals surface area (Å²) < 4.78 is 12.6. The van der Waals surface area contributed by atoms with E-state index in [4.69, 9.17) is 9.47 Å². The first-order valence-electron chi connectivity index (χ1n) is 7.62. The van der Waals surface area contributed by atoms with Crippen LogP contribution in [0.4, 0.5) is 5.95 Å². The van der Waals surface area contributed by atoms with Crippen LogP contribution in [0.2, 0.25) is 0 Å². The van der Waals surface area contributed by atoms with Crippen molar-refractivity contribution >= 4 is 22.9 Å². The molecule has 6 heteroatoms. The van der Waals surface area contributed by atoms with Crippen LogP contribution in [0.25, 0.3) is 11.0 Å². The lowest BCUT2D eigenvalue weighted by Crippen LogP contribution is -2.30. The number of amides is 1. The Labute approximate surface area is 130 Å². The van der Waals surface area contributed by atoms with Gasteiger partial charge < -0.3 is 14.0 Å². The van der Waals surface area contributed by atoms with Gasteiger partial charge >= 0.3 is 0 Å². The van der Waals surface area contributed by atoms with E-state index in [9.17, 15) is 4.79 Å². The van der Waals surface area contributed by atoms with Gasteiger partial charge in [0, 0.05) is 13.2 Å². The monoisotopic (exact) mass is 305 g/mol. The maximum Gasteiger partial charge on any atom is 0.255 e. The molecule has 0 aliphatic carbocycles. The maximum absolute atomic E-state index is 12.2. The third-order valence-corrected chi connectivity index (χ3v) is 3.37. The molecule has 0 radical (unpaired) electrons. The van der Waals surface area contributed by atoms with Crippen molar-refractivity contribution in [1.29, 1.82) is 0 Å². The number of benzene rings is 1. The van der Waals surface area contributed by atoms with Gasteiger partial charge in [-0.2, -0.15) is 0 Å². The summed E-state index contributed by atoms with van der Waals surface area (Å²) in [5, 5.41) is 2.84. The number of fused-ring (bicyclic) bond motifs is 1. The highest BCUT2D eigenvalue weighted by Gasteiger charge is 2.17. The first-order chi connectivity index (χ1) is 10.7. The zero-order valence-corrected chi connectivity index (χ0v) is 13.3. The molecular formula is C16H23N3O3. The van der Waals surface area contributed by atoms with E-state index < -0.39 is 6.10 Å². The van der Waals surface area contributed by atoms with Crippen LogP contribution in [0.15, 0.2) is 24.3 Å². The number of nitrogens with one attached hydrogen (secondary N) is 1. The van der Waals surface area contributed by atoms with Crippen molar-refractivity contribution in [3.05, 3.63) is 24.3 Å². The largest absolute Gasteiger partial charge is 0.379 e.